The van der Waals surface area contributed by atoms with Crippen molar-refractivity contribution in [2.45, 2.75) is 26.7 Å². The van der Waals surface area contributed by atoms with Gasteiger partial charge in [0.25, 0.3) is 0 Å². The predicted molar refractivity (Wildman–Crippen MR) is 84.0 cm³/mol. The van der Waals surface area contributed by atoms with Gasteiger partial charge in [0.1, 0.15) is 5.15 Å². The van der Waals surface area contributed by atoms with Gasteiger partial charge in [0.2, 0.25) is 0 Å². The maximum atomic E-state index is 6.18. The fourth-order valence-electron chi connectivity index (χ4n) is 1.86. The smallest absolute Gasteiger partial charge is 0.161 e. The first-order valence-corrected chi connectivity index (χ1v) is 7.43. The molecule has 0 aliphatic rings. The number of aromatic nitrogens is 2. The Balaban J connectivity index is 2.61. The molecule has 0 saturated carbocycles. The molecule has 0 unspecified atom stereocenters. The van der Waals surface area contributed by atoms with E-state index in [4.69, 9.17) is 11.6 Å². The molecule has 2 nitrogen and oxygen atoms in total. The molecule has 0 saturated heterocycles. The minimum absolute atomic E-state index is 0.545. The molecule has 0 fully saturated rings. The van der Waals surface area contributed by atoms with Gasteiger partial charge < -0.3 is 0 Å². The summed E-state index contributed by atoms with van der Waals surface area (Å²) in [4.78, 5) is 9.03. The van der Waals surface area contributed by atoms with Crippen LogP contribution in [0, 0.1) is 3.57 Å². The molecule has 0 spiro atoms. The molecule has 0 bridgehead atoms. The van der Waals surface area contributed by atoms with E-state index in [1.165, 1.54) is 5.56 Å². The highest BCUT2D eigenvalue weighted by Crippen LogP contribution is 2.26. The first-order valence-electron chi connectivity index (χ1n) is 5.97. The van der Waals surface area contributed by atoms with Crippen molar-refractivity contribution >= 4 is 34.2 Å². The molecule has 18 heavy (non-hydrogen) atoms. The van der Waals surface area contributed by atoms with E-state index < -0.39 is 0 Å². The van der Waals surface area contributed by atoms with Crippen molar-refractivity contribution in [1.82, 2.24) is 9.97 Å². The van der Waals surface area contributed by atoms with Gasteiger partial charge >= 0.3 is 0 Å². The molecular formula is C14H14ClIN2. The van der Waals surface area contributed by atoms with Crippen molar-refractivity contribution < 1.29 is 0 Å². The van der Waals surface area contributed by atoms with Gasteiger partial charge in [-0.25, -0.2) is 9.97 Å². The molecule has 0 radical (unpaired) electrons. The van der Waals surface area contributed by atoms with Crippen LogP contribution in [0.1, 0.15) is 25.1 Å². The summed E-state index contributed by atoms with van der Waals surface area (Å²) in [5, 5.41) is 0.545. The Hall–Kier alpha value is -0.680. The third kappa shape index (κ3) is 2.67. The Labute approximate surface area is 126 Å². The van der Waals surface area contributed by atoms with E-state index in [-0.39, 0.29) is 0 Å². The van der Waals surface area contributed by atoms with Crippen LogP contribution in [0.3, 0.4) is 0 Å². The number of halogens is 2. The van der Waals surface area contributed by atoms with Crippen LogP contribution < -0.4 is 0 Å². The van der Waals surface area contributed by atoms with Crippen LogP contribution in [0.5, 0.6) is 0 Å². The standard InChI is InChI=1S/C14H14ClIN2/c1-3-9-7-5-6-8-10(9)14-17-11(4-2)12(16)13(15)18-14/h5-8H,3-4H2,1-2H3. The quantitative estimate of drug-likeness (QED) is 0.584. The zero-order valence-electron chi connectivity index (χ0n) is 10.4. The highest BCUT2D eigenvalue weighted by molar-refractivity contribution is 14.1. The van der Waals surface area contributed by atoms with Crippen LogP contribution in [0.4, 0.5) is 0 Å². The van der Waals surface area contributed by atoms with Crippen LogP contribution in [0.15, 0.2) is 24.3 Å². The molecule has 0 aliphatic heterocycles. The molecule has 0 aliphatic carbocycles. The van der Waals surface area contributed by atoms with Gasteiger partial charge in [-0.1, -0.05) is 49.7 Å². The van der Waals surface area contributed by atoms with Crippen molar-refractivity contribution in [2.75, 3.05) is 0 Å². The summed E-state index contributed by atoms with van der Waals surface area (Å²) < 4.78 is 0.953. The van der Waals surface area contributed by atoms with Crippen LogP contribution in [-0.4, -0.2) is 9.97 Å². The van der Waals surface area contributed by atoms with E-state index in [1.54, 1.807) is 0 Å². The topological polar surface area (TPSA) is 25.8 Å². The molecular weight excluding hydrogens is 359 g/mol. The summed E-state index contributed by atoms with van der Waals surface area (Å²) in [6.07, 6.45) is 1.83. The Morgan fingerprint density at radius 2 is 1.83 bits per heavy atom. The number of aryl methyl sites for hydroxylation is 2. The van der Waals surface area contributed by atoms with Crippen molar-refractivity contribution in [2.24, 2.45) is 0 Å². The summed E-state index contributed by atoms with van der Waals surface area (Å²) in [5.74, 6) is 0.731. The monoisotopic (exact) mass is 372 g/mol. The maximum Gasteiger partial charge on any atom is 0.161 e. The first-order chi connectivity index (χ1) is 8.67. The van der Waals surface area contributed by atoms with E-state index in [9.17, 15) is 0 Å². The molecule has 4 heteroatoms. The van der Waals surface area contributed by atoms with Gasteiger partial charge in [0, 0.05) is 5.56 Å². The largest absolute Gasteiger partial charge is 0.232 e. The first kappa shape index (κ1) is 13.7. The van der Waals surface area contributed by atoms with Gasteiger partial charge in [-0.15, -0.1) is 0 Å². The summed E-state index contributed by atoms with van der Waals surface area (Å²) >= 11 is 8.39. The highest BCUT2D eigenvalue weighted by atomic mass is 127. The number of rotatable bonds is 3. The van der Waals surface area contributed by atoms with Gasteiger partial charge in [0.15, 0.2) is 5.82 Å². The Morgan fingerprint density at radius 1 is 1.11 bits per heavy atom. The molecule has 2 rings (SSSR count). The zero-order chi connectivity index (χ0) is 13.1. The van der Waals surface area contributed by atoms with Crippen molar-refractivity contribution in [3.63, 3.8) is 0 Å². The summed E-state index contributed by atoms with van der Waals surface area (Å²) in [6, 6.07) is 8.21. The lowest BCUT2D eigenvalue weighted by Crippen LogP contribution is -2.01. The third-order valence-corrected chi connectivity index (χ3v) is 4.58. The lowest BCUT2D eigenvalue weighted by atomic mass is 10.0. The van der Waals surface area contributed by atoms with E-state index in [0.29, 0.717) is 5.15 Å². The summed E-state index contributed by atoms with van der Waals surface area (Å²) in [5.41, 5.74) is 3.33. The Kier molecular flexibility index (Phi) is 4.56. The SMILES string of the molecule is CCc1ccccc1-c1nc(Cl)c(I)c(CC)n1. The van der Waals surface area contributed by atoms with Gasteiger partial charge in [0.05, 0.1) is 9.26 Å². The van der Waals surface area contributed by atoms with Gasteiger partial charge in [-0.05, 0) is 41.0 Å². The number of benzene rings is 1. The number of nitrogens with zero attached hydrogens (tertiary/aromatic N) is 2. The molecule has 1 aromatic heterocycles. The lowest BCUT2D eigenvalue weighted by molar-refractivity contribution is 0.984. The van der Waals surface area contributed by atoms with E-state index in [2.05, 4.69) is 58.5 Å². The molecule has 0 atom stereocenters. The highest BCUT2D eigenvalue weighted by Gasteiger charge is 2.12. The average Bonchev–Trinajstić information content (AvgIpc) is 2.41. The van der Waals surface area contributed by atoms with E-state index in [1.807, 2.05) is 12.1 Å². The molecule has 94 valence electrons. The van der Waals surface area contributed by atoms with Crippen molar-refractivity contribution in [3.05, 3.63) is 44.2 Å². The second-order valence-electron chi connectivity index (χ2n) is 3.96. The molecule has 2 aromatic rings. The molecule has 1 heterocycles. The third-order valence-electron chi connectivity index (χ3n) is 2.85. The van der Waals surface area contributed by atoms with Crippen LogP contribution in [0.2, 0.25) is 5.15 Å². The number of hydrogen-bond acceptors (Lipinski definition) is 2. The fourth-order valence-corrected chi connectivity index (χ4v) is 2.68. The van der Waals surface area contributed by atoms with Crippen molar-refractivity contribution in [1.29, 1.82) is 0 Å². The van der Waals surface area contributed by atoms with Gasteiger partial charge in [-0.3, -0.25) is 0 Å². The van der Waals surface area contributed by atoms with E-state index >= 15 is 0 Å². The second kappa shape index (κ2) is 5.97. The van der Waals surface area contributed by atoms with Gasteiger partial charge in [-0.2, -0.15) is 0 Å². The van der Waals surface area contributed by atoms with Crippen LogP contribution in [0.25, 0.3) is 11.4 Å². The van der Waals surface area contributed by atoms with Crippen LogP contribution in [-0.2, 0) is 12.8 Å². The lowest BCUT2D eigenvalue weighted by Gasteiger charge is -2.09. The fraction of sp³-hybridized carbons (Fsp3) is 0.286. The van der Waals surface area contributed by atoms with Crippen LogP contribution >= 0.6 is 34.2 Å². The minimum atomic E-state index is 0.545. The summed E-state index contributed by atoms with van der Waals surface area (Å²) in [6.45, 7) is 4.21. The molecule has 0 amide bonds. The molecule has 0 N–H and O–H groups in total. The maximum absolute atomic E-state index is 6.18. The number of hydrogen-bond donors (Lipinski definition) is 0. The molecule has 1 aromatic carbocycles. The van der Waals surface area contributed by atoms with Crippen molar-refractivity contribution in [3.8, 4) is 11.4 Å². The normalized spacial score (nSPS) is 10.7. The Bertz CT molecular complexity index is 570. The average molecular weight is 373 g/mol. The Morgan fingerprint density at radius 3 is 2.50 bits per heavy atom. The zero-order valence-corrected chi connectivity index (χ0v) is 13.3. The second-order valence-corrected chi connectivity index (χ2v) is 5.40. The minimum Gasteiger partial charge on any atom is -0.232 e. The summed E-state index contributed by atoms with van der Waals surface area (Å²) in [7, 11) is 0. The van der Waals surface area contributed by atoms with E-state index in [0.717, 1.165) is 33.5 Å². The predicted octanol–water partition coefficient (Wildman–Crippen LogP) is 4.53.